The topological polar surface area (TPSA) is 64.3 Å². The summed E-state index contributed by atoms with van der Waals surface area (Å²) in [5.74, 6) is 4.96. The predicted molar refractivity (Wildman–Crippen MR) is 63.8 cm³/mol. The Kier molecular flexibility index (Phi) is 4.41. The number of nitrogens with two attached hydrogens (primary N) is 1. The van der Waals surface area contributed by atoms with Crippen molar-refractivity contribution in [3.63, 3.8) is 0 Å². The molecule has 0 heterocycles. The molecule has 0 atom stereocenters. The SMILES string of the molecule is Cc1c(Cl)cc(Cl)c(OCC(=O)NN)c1C. The second-order valence-corrected chi connectivity index (χ2v) is 4.09. The zero-order valence-electron chi connectivity index (χ0n) is 8.93. The molecule has 0 saturated heterocycles. The van der Waals surface area contributed by atoms with E-state index in [0.717, 1.165) is 11.1 Å². The minimum absolute atomic E-state index is 0.182. The maximum Gasteiger partial charge on any atom is 0.271 e. The standard InChI is InChI=1S/C10H12Cl2N2O2/c1-5-6(2)10(8(12)3-7(5)11)16-4-9(15)14-13/h3H,4,13H2,1-2H3,(H,14,15). The lowest BCUT2D eigenvalue weighted by molar-refractivity contribution is -0.123. The Morgan fingerprint density at radius 2 is 2.00 bits per heavy atom. The van der Waals surface area contributed by atoms with Gasteiger partial charge in [0.1, 0.15) is 5.75 Å². The smallest absolute Gasteiger partial charge is 0.271 e. The van der Waals surface area contributed by atoms with E-state index in [0.29, 0.717) is 15.8 Å². The molecule has 1 aromatic rings. The number of ether oxygens (including phenoxy) is 1. The summed E-state index contributed by atoms with van der Waals surface area (Å²) in [6, 6.07) is 1.58. The van der Waals surface area contributed by atoms with Crippen LogP contribution in [-0.4, -0.2) is 12.5 Å². The Hall–Kier alpha value is -0.970. The van der Waals surface area contributed by atoms with Crippen LogP contribution in [0.5, 0.6) is 5.75 Å². The van der Waals surface area contributed by atoms with Crippen LogP contribution in [0.25, 0.3) is 0 Å². The number of hydrazine groups is 1. The second-order valence-electron chi connectivity index (χ2n) is 3.28. The Balaban J connectivity index is 2.96. The van der Waals surface area contributed by atoms with Crippen LogP contribution in [0, 0.1) is 13.8 Å². The molecule has 0 aliphatic rings. The average Bonchev–Trinajstić information content (AvgIpc) is 2.25. The first-order valence-electron chi connectivity index (χ1n) is 4.54. The minimum atomic E-state index is -0.428. The summed E-state index contributed by atoms with van der Waals surface area (Å²) in [7, 11) is 0. The predicted octanol–water partition coefficient (Wildman–Crippen LogP) is 1.98. The van der Waals surface area contributed by atoms with Gasteiger partial charge in [0.05, 0.1) is 5.02 Å². The number of hydrogen-bond donors (Lipinski definition) is 2. The normalized spacial score (nSPS) is 10.1. The number of nitrogens with one attached hydrogen (secondary N) is 1. The van der Waals surface area contributed by atoms with Crippen LogP contribution in [-0.2, 0) is 4.79 Å². The summed E-state index contributed by atoms with van der Waals surface area (Å²) in [6.07, 6.45) is 0. The van der Waals surface area contributed by atoms with Crippen molar-refractivity contribution in [1.29, 1.82) is 0 Å². The van der Waals surface area contributed by atoms with Crippen molar-refractivity contribution in [1.82, 2.24) is 5.43 Å². The van der Waals surface area contributed by atoms with Gasteiger partial charge in [0.15, 0.2) is 6.61 Å². The molecule has 0 saturated carbocycles. The third kappa shape index (κ3) is 2.78. The van der Waals surface area contributed by atoms with Crippen LogP contribution in [0.4, 0.5) is 0 Å². The Morgan fingerprint density at radius 1 is 1.38 bits per heavy atom. The highest BCUT2D eigenvalue weighted by atomic mass is 35.5. The lowest BCUT2D eigenvalue weighted by Gasteiger charge is -2.13. The maximum absolute atomic E-state index is 10.9. The van der Waals surface area contributed by atoms with E-state index in [4.69, 9.17) is 33.8 Å². The number of halogens is 2. The monoisotopic (exact) mass is 262 g/mol. The quantitative estimate of drug-likeness (QED) is 0.498. The molecule has 1 rings (SSSR count). The van der Waals surface area contributed by atoms with Gasteiger partial charge in [-0.1, -0.05) is 23.2 Å². The number of rotatable bonds is 3. The molecule has 1 aromatic carbocycles. The van der Waals surface area contributed by atoms with Gasteiger partial charge in [0.25, 0.3) is 5.91 Å². The summed E-state index contributed by atoms with van der Waals surface area (Å²) in [5.41, 5.74) is 3.64. The summed E-state index contributed by atoms with van der Waals surface area (Å²) in [5, 5.41) is 0.941. The van der Waals surface area contributed by atoms with Crippen molar-refractivity contribution < 1.29 is 9.53 Å². The van der Waals surface area contributed by atoms with Crippen molar-refractivity contribution in [3.05, 3.63) is 27.2 Å². The van der Waals surface area contributed by atoms with Crippen LogP contribution in [0.15, 0.2) is 6.07 Å². The Labute approximate surface area is 104 Å². The fraction of sp³-hybridized carbons (Fsp3) is 0.300. The van der Waals surface area contributed by atoms with E-state index < -0.39 is 5.91 Å². The van der Waals surface area contributed by atoms with Crippen LogP contribution in [0.1, 0.15) is 11.1 Å². The number of carbonyl (C=O) groups excluding carboxylic acids is 1. The highest BCUT2D eigenvalue weighted by molar-refractivity contribution is 6.36. The second kappa shape index (κ2) is 5.39. The lowest BCUT2D eigenvalue weighted by Crippen LogP contribution is -2.34. The molecule has 0 bridgehead atoms. The van der Waals surface area contributed by atoms with Crippen molar-refractivity contribution in [2.45, 2.75) is 13.8 Å². The fourth-order valence-electron chi connectivity index (χ4n) is 1.17. The van der Waals surface area contributed by atoms with E-state index >= 15 is 0 Å². The Morgan fingerprint density at radius 3 is 2.56 bits per heavy atom. The van der Waals surface area contributed by atoms with E-state index in [9.17, 15) is 4.79 Å². The van der Waals surface area contributed by atoms with Gasteiger partial charge in [-0.3, -0.25) is 10.2 Å². The molecule has 1 amide bonds. The summed E-state index contributed by atoms with van der Waals surface area (Å²) in [6.45, 7) is 3.49. The number of amides is 1. The third-order valence-corrected chi connectivity index (χ3v) is 2.91. The van der Waals surface area contributed by atoms with Crippen molar-refractivity contribution in [2.24, 2.45) is 5.84 Å². The highest BCUT2D eigenvalue weighted by Crippen LogP contribution is 2.35. The minimum Gasteiger partial charge on any atom is -0.482 e. The maximum atomic E-state index is 10.9. The molecule has 0 spiro atoms. The summed E-state index contributed by atoms with van der Waals surface area (Å²) >= 11 is 11.9. The molecule has 0 aliphatic carbocycles. The molecule has 6 heteroatoms. The molecule has 16 heavy (non-hydrogen) atoms. The van der Waals surface area contributed by atoms with Gasteiger partial charge >= 0.3 is 0 Å². The van der Waals surface area contributed by atoms with Crippen LogP contribution >= 0.6 is 23.2 Å². The molecular weight excluding hydrogens is 251 g/mol. The van der Waals surface area contributed by atoms with Gasteiger partial charge in [-0.15, -0.1) is 0 Å². The Bertz CT molecular complexity index is 422. The van der Waals surface area contributed by atoms with Crippen molar-refractivity contribution >= 4 is 29.1 Å². The molecule has 0 radical (unpaired) electrons. The van der Waals surface area contributed by atoms with Gasteiger partial charge < -0.3 is 4.74 Å². The van der Waals surface area contributed by atoms with Crippen LogP contribution in [0.3, 0.4) is 0 Å². The van der Waals surface area contributed by atoms with Crippen LogP contribution < -0.4 is 16.0 Å². The first-order chi connectivity index (χ1) is 7.47. The average molecular weight is 263 g/mol. The molecule has 0 fully saturated rings. The zero-order chi connectivity index (χ0) is 12.3. The molecule has 88 valence electrons. The number of hydrogen-bond acceptors (Lipinski definition) is 3. The molecule has 4 nitrogen and oxygen atoms in total. The van der Waals surface area contributed by atoms with Gasteiger partial charge in [-0.25, -0.2) is 5.84 Å². The number of benzene rings is 1. The van der Waals surface area contributed by atoms with E-state index in [-0.39, 0.29) is 6.61 Å². The van der Waals surface area contributed by atoms with E-state index in [1.54, 1.807) is 6.07 Å². The molecule has 0 aromatic heterocycles. The molecule has 0 unspecified atom stereocenters. The van der Waals surface area contributed by atoms with E-state index in [1.807, 2.05) is 19.3 Å². The van der Waals surface area contributed by atoms with E-state index in [2.05, 4.69) is 0 Å². The first-order valence-corrected chi connectivity index (χ1v) is 5.30. The highest BCUT2D eigenvalue weighted by Gasteiger charge is 2.12. The van der Waals surface area contributed by atoms with Crippen LogP contribution in [0.2, 0.25) is 10.0 Å². The zero-order valence-corrected chi connectivity index (χ0v) is 10.4. The fourth-order valence-corrected chi connectivity index (χ4v) is 1.78. The molecule has 3 N–H and O–H groups in total. The largest absolute Gasteiger partial charge is 0.482 e. The third-order valence-electron chi connectivity index (χ3n) is 2.24. The van der Waals surface area contributed by atoms with Gasteiger partial charge in [-0.2, -0.15) is 0 Å². The summed E-state index contributed by atoms with van der Waals surface area (Å²) < 4.78 is 5.27. The van der Waals surface area contributed by atoms with Gasteiger partial charge in [0.2, 0.25) is 0 Å². The first kappa shape index (κ1) is 13.1. The van der Waals surface area contributed by atoms with E-state index in [1.165, 1.54) is 0 Å². The van der Waals surface area contributed by atoms with Gasteiger partial charge in [-0.05, 0) is 31.0 Å². The van der Waals surface area contributed by atoms with Gasteiger partial charge in [0, 0.05) is 5.02 Å². The molecule has 0 aliphatic heterocycles. The van der Waals surface area contributed by atoms with Crippen molar-refractivity contribution in [3.8, 4) is 5.75 Å². The molecular formula is C10H12Cl2N2O2. The number of carbonyl (C=O) groups is 1. The lowest BCUT2D eigenvalue weighted by atomic mass is 10.1. The van der Waals surface area contributed by atoms with Crippen molar-refractivity contribution in [2.75, 3.05) is 6.61 Å². The summed E-state index contributed by atoms with van der Waals surface area (Å²) in [4.78, 5) is 10.9.